The molecule has 0 bridgehead atoms. The zero-order valence-electron chi connectivity index (χ0n) is 11.3. The quantitative estimate of drug-likeness (QED) is 0.746. The Kier molecular flexibility index (Phi) is 6.90. The molecule has 0 aliphatic rings. The molecule has 1 unspecified atom stereocenters. The van der Waals surface area contributed by atoms with Gasteiger partial charge in [-0.2, -0.15) is 0 Å². The Balaban J connectivity index is 2.18. The van der Waals surface area contributed by atoms with E-state index < -0.39 is 0 Å². The second kappa shape index (κ2) is 8.26. The summed E-state index contributed by atoms with van der Waals surface area (Å²) in [7, 11) is 0. The third-order valence-electron chi connectivity index (χ3n) is 2.99. The smallest absolute Gasteiger partial charge is 0.0717 e. The summed E-state index contributed by atoms with van der Waals surface area (Å²) in [6.07, 6.45) is 2.36. The summed E-state index contributed by atoms with van der Waals surface area (Å²) in [6.45, 7) is 8.10. The summed E-state index contributed by atoms with van der Waals surface area (Å²) in [6, 6.07) is 11.3. The average Bonchev–Trinajstić information content (AvgIpc) is 2.37. The molecule has 0 aliphatic heterocycles. The lowest BCUT2D eigenvalue weighted by Gasteiger charge is -2.21. The molecule has 2 nitrogen and oxygen atoms in total. The normalized spacial score (nSPS) is 12.9. The Labute approximate surface area is 105 Å². The van der Waals surface area contributed by atoms with Crippen LogP contribution in [0.25, 0.3) is 0 Å². The lowest BCUT2D eigenvalue weighted by atomic mass is 10.1. The molecule has 1 aromatic carbocycles. The van der Waals surface area contributed by atoms with Crippen molar-refractivity contribution in [2.75, 3.05) is 6.61 Å². The van der Waals surface area contributed by atoms with Crippen molar-refractivity contribution in [3.05, 3.63) is 35.9 Å². The zero-order valence-corrected chi connectivity index (χ0v) is 11.3. The third-order valence-corrected chi connectivity index (χ3v) is 2.99. The monoisotopic (exact) mass is 235 g/mol. The highest BCUT2D eigenvalue weighted by molar-refractivity contribution is 5.13. The van der Waals surface area contributed by atoms with Gasteiger partial charge in [0.2, 0.25) is 0 Å². The molecule has 1 aromatic rings. The molecule has 0 aromatic heterocycles. The second-order valence-corrected chi connectivity index (χ2v) is 4.58. The topological polar surface area (TPSA) is 21.3 Å². The Hall–Kier alpha value is -0.860. The van der Waals surface area contributed by atoms with Crippen LogP contribution >= 0.6 is 0 Å². The number of hydrogen-bond donors (Lipinski definition) is 1. The van der Waals surface area contributed by atoms with Gasteiger partial charge in [-0.3, -0.25) is 0 Å². The van der Waals surface area contributed by atoms with E-state index in [9.17, 15) is 0 Å². The zero-order chi connectivity index (χ0) is 12.5. The SMILES string of the molecule is CCC(CC)NC(C)COCc1ccccc1. The van der Waals surface area contributed by atoms with E-state index in [-0.39, 0.29) is 0 Å². The van der Waals surface area contributed by atoms with Crippen LogP contribution in [0.1, 0.15) is 39.2 Å². The van der Waals surface area contributed by atoms with E-state index in [1.54, 1.807) is 0 Å². The van der Waals surface area contributed by atoms with Crippen molar-refractivity contribution in [1.29, 1.82) is 0 Å². The van der Waals surface area contributed by atoms with Crippen molar-refractivity contribution in [3.8, 4) is 0 Å². The Bertz CT molecular complexity index is 282. The van der Waals surface area contributed by atoms with Crippen LogP contribution in [0.2, 0.25) is 0 Å². The lowest BCUT2D eigenvalue weighted by Crippen LogP contribution is -2.38. The number of nitrogens with one attached hydrogen (secondary N) is 1. The molecule has 1 atom stereocenters. The summed E-state index contributed by atoms with van der Waals surface area (Å²) in [4.78, 5) is 0. The van der Waals surface area contributed by atoms with E-state index in [1.165, 1.54) is 18.4 Å². The van der Waals surface area contributed by atoms with Gasteiger partial charge in [-0.05, 0) is 25.3 Å². The molecule has 0 radical (unpaired) electrons. The predicted molar refractivity (Wildman–Crippen MR) is 73.1 cm³/mol. The highest BCUT2D eigenvalue weighted by Gasteiger charge is 2.07. The molecule has 0 saturated heterocycles. The van der Waals surface area contributed by atoms with Gasteiger partial charge in [0.1, 0.15) is 0 Å². The molecule has 0 saturated carbocycles. The summed E-state index contributed by atoms with van der Waals surface area (Å²) in [5.41, 5.74) is 1.24. The summed E-state index contributed by atoms with van der Waals surface area (Å²) in [5.74, 6) is 0. The fraction of sp³-hybridized carbons (Fsp3) is 0.600. The van der Waals surface area contributed by atoms with Crippen LogP contribution in [0.15, 0.2) is 30.3 Å². The molecule has 96 valence electrons. The lowest BCUT2D eigenvalue weighted by molar-refractivity contribution is 0.0990. The molecule has 1 N–H and O–H groups in total. The van der Waals surface area contributed by atoms with Gasteiger partial charge < -0.3 is 10.1 Å². The highest BCUT2D eigenvalue weighted by atomic mass is 16.5. The van der Waals surface area contributed by atoms with Gasteiger partial charge in [-0.15, -0.1) is 0 Å². The minimum Gasteiger partial charge on any atom is -0.375 e. The summed E-state index contributed by atoms with van der Waals surface area (Å²) in [5, 5.41) is 3.58. The minimum atomic E-state index is 0.420. The molecular formula is C15H25NO. The maximum atomic E-state index is 5.71. The number of rotatable bonds is 8. The van der Waals surface area contributed by atoms with Crippen LogP contribution in [-0.2, 0) is 11.3 Å². The first-order chi connectivity index (χ1) is 8.26. The van der Waals surface area contributed by atoms with E-state index in [0.29, 0.717) is 18.7 Å². The van der Waals surface area contributed by atoms with Crippen LogP contribution in [0.5, 0.6) is 0 Å². The standard InChI is InChI=1S/C15H25NO/c1-4-15(5-2)16-13(3)11-17-12-14-9-7-6-8-10-14/h6-10,13,15-16H,4-5,11-12H2,1-3H3. The third kappa shape index (κ3) is 5.85. The van der Waals surface area contributed by atoms with Crippen LogP contribution in [-0.4, -0.2) is 18.7 Å². The van der Waals surface area contributed by atoms with Gasteiger partial charge in [0, 0.05) is 12.1 Å². The maximum absolute atomic E-state index is 5.71. The molecule has 2 heteroatoms. The molecule has 0 spiro atoms. The van der Waals surface area contributed by atoms with E-state index in [1.807, 2.05) is 18.2 Å². The van der Waals surface area contributed by atoms with E-state index >= 15 is 0 Å². The Morgan fingerprint density at radius 2 is 1.76 bits per heavy atom. The van der Waals surface area contributed by atoms with E-state index in [4.69, 9.17) is 4.74 Å². The Morgan fingerprint density at radius 3 is 2.35 bits per heavy atom. The molecule has 0 heterocycles. The maximum Gasteiger partial charge on any atom is 0.0717 e. The van der Waals surface area contributed by atoms with Crippen LogP contribution in [0, 0.1) is 0 Å². The summed E-state index contributed by atoms with van der Waals surface area (Å²) >= 11 is 0. The molecular weight excluding hydrogens is 210 g/mol. The number of benzene rings is 1. The van der Waals surface area contributed by atoms with Gasteiger partial charge in [0.05, 0.1) is 13.2 Å². The van der Waals surface area contributed by atoms with Gasteiger partial charge >= 0.3 is 0 Å². The van der Waals surface area contributed by atoms with Gasteiger partial charge in [-0.1, -0.05) is 44.2 Å². The fourth-order valence-corrected chi connectivity index (χ4v) is 1.90. The molecule has 0 aliphatic carbocycles. The molecule has 17 heavy (non-hydrogen) atoms. The van der Waals surface area contributed by atoms with Crippen LogP contribution < -0.4 is 5.32 Å². The molecule has 1 rings (SSSR count). The highest BCUT2D eigenvalue weighted by Crippen LogP contribution is 2.02. The van der Waals surface area contributed by atoms with Crippen molar-refractivity contribution in [3.63, 3.8) is 0 Å². The second-order valence-electron chi connectivity index (χ2n) is 4.58. The van der Waals surface area contributed by atoms with Crippen molar-refractivity contribution in [1.82, 2.24) is 5.32 Å². The van der Waals surface area contributed by atoms with Crippen molar-refractivity contribution < 1.29 is 4.74 Å². The first-order valence-corrected chi connectivity index (χ1v) is 6.64. The molecule has 0 fully saturated rings. The predicted octanol–water partition coefficient (Wildman–Crippen LogP) is 3.37. The Morgan fingerprint density at radius 1 is 1.12 bits per heavy atom. The van der Waals surface area contributed by atoms with E-state index in [0.717, 1.165) is 6.61 Å². The minimum absolute atomic E-state index is 0.420. The number of ether oxygens (including phenoxy) is 1. The van der Waals surface area contributed by atoms with Crippen LogP contribution in [0.3, 0.4) is 0 Å². The average molecular weight is 235 g/mol. The van der Waals surface area contributed by atoms with Crippen molar-refractivity contribution in [2.45, 2.75) is 52.3 Å². The number of hydrogen-bond acceptors (Lipinski definition) is 2. The molecule has 0 amide bonds. The van der Waals surface area contributed by atoms with Gasteiger partial charge in [-0.25, -0.2) is 0 Å². The van der Waals surface area contributed by atoms with E-state index in [2.05, 4.69) is 38.2 Å². The van der Waals surface area contributed by atoms with Crippen LogP contribution in [0.4, 0.5) is 0 Å². The van der Waals surface area contributed by atoms with Crippen molar-refractivity contribution >= 4 is 0 Å². The van der Waals surface area contributed by atoms with Gasteiger partial charge in [0.15, 0.2) is 0 Å². The first kappa shape index (κ1) is 14.2. The van der Waals surface area contributed by atoms with Crippen molar-refractivity contribution in [2.24, 2.45) is 0 Å². The largest absolute Gasteiger partial charge is 0.375 e. The van der Waals surface area contributed by atoms with Gasteiger partial charge in [0.25, 0.3) is 0 Å². The first-order valence-electron chi connectivity index (χ1n) is 6.64. The fourth-order valence-electron chi connectivity index (χ4n) is 1.90. The summed E-state index contributed by atoms with van der Waals surface area (Å²) < 4.78 is 5.71.